The minimum atomic E-state index is -0.205. The molecular formula is C26H28N4O3S. The predicted molar refractivity (Wildman–Crippen MR) is 131 cm³/mol. The van der Waals surface area contributed by atoms with E-state index in [2.05, 4.69) is 20.8 Å². The summed E-state index contributed by atoms with van der Waals surface area (Å²) in [5.74, 6) is 0.700. The van der Waals surface area contributed by atoms with Gasteiger partial charge in [0.05, 0.1) is 17.3 Å². The summed E-state index contributed by atoms with van der Waals surface area (Å²) in [6.07, 6.45) is 8.40. The minimum absolute atomic E-state index is 0.0281. The number of nitrogens with one attached hydrogen (secondary N) is 3. The quantitative estimate of drug-likeness (QED) is 0.457. The van der Waals surface area contributed by atoms with E-state index in [1.165, 1.54) is 17.7 Å². The minimum Gasteiger partial charge on any atom is -0.352 e. The van der Waals surface area contributed by atoms with Crippen LogP contribution in [0.5, 0.6) is 0 Å². The third-order valence-electron chi connectivity index (χ3n) is 7.26. The van der Waals surface area contributed by atoms with Crippen molar-refractivity contribution in [2.45, 2.75) is 51.4 Å². The van der Waals surface area contributed by atoms with Gasteiger partial charge in [-0.25, -0.2) is 0 Å². The zero-order chi connectivity index (χ0) is 23.2. The molecule has 0 radical (unpaired) electrons. The number of thiophene rings is 1. The molecular weight excluding hydrogens is 448 g/mol. The van der Waals surface area contributed by atoms with Gasteiger partial charge in [0.25, 0.3) is 5.91 Å². The van der Waals surface area contributed by atoms with Crippen molar-refractivity contribution in [3.8, 4) is 0 Å². The number of H-pyrrole nitrogens is 1. The molecule has 0 bridgehead atoms. The van der Waals surface area contributed by atoms with Crippen LogP contribution in [0.3, 0.4) is 0 Å². The van der Waals surface area contributed by atoms with Crippen LogP contribution in [-0.4, -0.2) is 34.3 Å². The second-order valence-electron chi connectivity index (χ2n) is 9.97. The number of aryl methyl sites for hydroxylation is 1. The number of aromatic nitrogens is 2. The third-order valence-corrected chi connectivity index (χ3v) is 8.55. The molecule has 3 aliphatic carbocycles. The fraction of sp³-hybridized carbons (Fsp3) is 0.462. The Labute approximate surface area is 201 Å². The van der Waals surface area contributed by atoms with Gasteiger partial charge in [-0.15, -0.1) is 11.3 Å². The number of hydrogen-bond donors (Lipinski definition) is 3. The zero-order valence-electron chi connectivity index (χ0n) is 19.0. The molecule has 34 heavy (non-hydrogen) atoms. The topological polar surface area (TPSA) is 104 Å². The lowest BCUT2D eigenvalue weighted by Crippen LogP contribution is -2.31. The molecule has 176 valence electrons. The number of aromatic amines is 1. The number of fused-ring (bicyclic) bond motifs is 2. The van der Waals surface area contributed by atoms with Crippen LogP contribution in [0.15, 0.2) is 24.4 Å². The van der Waals surface area contributed by atoms with E-state index in [1.807, 2.05) is 18.2 Å². The number of carbonyl (C=O) groups excluding carboxylic acids is 3. The Hall–Kier alpha value is -3.00. The second kappa shape index (κ2) is 8.65. The molecule has 3 aromatic rings. The van der Waals surface area contributed by atoms with Crippen LogP contribution >= 0.6 is 11.3 Å². The maximum absolute atomic E-state index is 13.2. The van der Waals surface area contributed by atoms with E-state index in [1.54, 1.807) is 17.5 Å². The van der Waals surface area contributed by atoms with Gasteiger partial charge >= 0.3 is 0 Å². The fourth-order valence-corrected chi connectivity index (χ4v) is 6.23. The van der Waals surface area contributed by atoms with Gasteiger partial charge in [0.15, 0.2) is 0 Å². The highest BCUT2D eigenvalue weighted by molar-refractivity contribution is 7.12. The highest BCUT2D eigenvalue weighted by atomic mass is 32.1. The Kier molecular flexibility index (Phi) is 5.48. The van der Waals surface area contributed by atoms with Gasteiger partial charge in [-0.05, 0) is 74.6 Å². The van der Waals surface area contributed by atoms with Crippen LogP contribution < -0.4 is 10.6 Å². The first-order valence-electron chi connectivity index (χ1n) is 12.2. The molecule has 2 amide bonds. The van der Waals surface area contributed by atoms with Crippen molar-refractivity contribution in [1.29, 1.82) is 0 Å². The fourth-order valence-electron chi connectivity index (χ4n) is 4.87. The Morgan fingerprint density at radius 3 is 2.74 bits per heavy atom. The standard InChI is InChI=1S/C26H28N4O3S/c31-21(15-3-4-15)11-23-24(26(33)27-12-14-1-2-14)19-10-16(5-8-22(19)34-23)25(32)29-18-6-7-20-17(9-18)13-28-30-20/h6-7,9,13-16H,1-5,8,10-12H2,(H,27,33)(H,28,30)(H,29,32). The van der Waals surface area contributed by atoms with E-state index in [-0.39, 0.29) is 29.4 Å². The van der Waals surface area contributed by atoms with Gasteiger partial charge in [-0.3, -0.25) is 19.5 Å². The van der Waals surface area contributed by atoms with Crippen LogP contribution in [0.25, 0.3) is 10.9 Å². The molecule has 6 rings (SSSR count). The van der Waals surface area contributed by atoms with E-state index in [0.29, 0.717) is 30.9 Å². The zero-order valence-corrected chi connectivity index (χ0v) is 19.8. The van der Waals surface area contributed by atoms with E-state index >= 15 is 0 Å². The summed E-state index contributed by atoms with van der Waals surface area (Å²) in [6.45, 7) is 0.694. The summed E-state index contributed by atoms with van der Waals surface area (Å²) in [6, 6.07) is 5.69. The molecule has 8 heteroatoms. The molecule has 2 aromatic heterocycles. The monoisotopic (exact) mass is 476 g/mol. The van der Waals surface area contributed by atoms with Crippen molar-refractivity contribution < 1.29 is 14.4 Å². The first-order valence-corrected chi connectivity index (χ1v) is 13.0. The Morgan fingerprint density at radius 1 is 1.09 bits per heavy atom. The molecule has 2 heterocycles. The van der Waals surface area contributed by atoms with E-state index in [0.717, 1.165) is 52.7 Å². The third kappa shape index (κ3) is 4.39. The maximum atomic E-state index is 13.2. The largest absolute Gasteiger partial charge is 0.352 e. The first-order chi connectivity index (χ1) is 16.5. The second-order valence-corrected chi connectivity index (χ2v) is 11.2. The lowest BCUT2D eigenvalue weighted by atomic mass is 9.85. The summed E-state index contributed by atoms with van der Waals surface area (Å²) in [5, 5.41) is 14.0. The summed E-state index contributed by atoms with van der Waals surface area (Å²) in [5.41, 5.74) is 3.32. The van der Waals surface area contributed by atoms with E-state index in [9.17, 15) is 14.4 Å². The molecule has 0 saturated heterocycles. The van der Waals surface area contributed by atoms with Crippen molar-refractivity contribution in [1.82, 2.24) is 15.5 Å². The highest BCUT2D eigenvalue weighted by Crippen LogP contribution is 2.39. The molecule has 3 aliphatic rings. The molecule has 3 N–H and O–H groups in total. The van der Waals surface area contributed by atoms with Crippen molar-refractivity contribution in [3.63, 3.8) is 0 Å². The Balaban J connectivity index is 1.22. The Morgan fingerprint density at radius 2 is 1.94 bits per heavy atom. The van der Waals surface area contributed by atoms with Gasteiger partial charge in [0.2, 0.25) is 5.91 Å². The number of carbonyl (C=O) groups is 3. The number of anilines is 1. The highest BCUT2D eigenvalue weighted by Gasteiger charge is 2.35. The summed E-state index contributed by atoms with van der Waals surface area (Å²) < 4.78 is 0. The Bertz CT molecular complexity index is 1280. The average Bonchev–Trinajstić information content (AvgIpc) is 3.76. The van der Waals surface area contributed by atoms with Crippen molar-refractivity contribution in [2.24, 2.45) is 17.8 Å². The van der Waals surface area contributed by atoms with Gasteiger partial charge in [-0.2, -0.15) is 5.10 Å². The average molecular weight is 477 g/mol. The molecule has 1 aromatic carbocycles. The number of Topliss-reactive ketones (excluding diaryl/α,β-unsaturated/α-hetero) is 1. The van der Waals surface area contributed by atoms with Crippen molar-refractivity contribution in [2.75, 3.05) is 11.9 Å². The number of hydrogen-bond acceptors (Lipinski definition) is 5. The molecule has 2 saturated carbocycles. The van der Waals surface area contributed by atoms with Crippen LogP contribution in [-0.2, 0) is 28.9 Å². The van der Waals surface area contributed by atoms with Gasteiger partial charge in [0, 0.05) is 45.6 Å². The lowest BCUT2D eigenvalue weighted by molar-refractivity contribution is -0.120. The smallest absolute Gasteiger partial charge is 0.252 e. The van der Waals surface area contributed by atoms with E-state index in [4.69, 9.17) is 0 Å². The molecule has 1 atom stereocenters. The number of rotatable bonds is 8. The lowest BCUT2D eigenvalue weighted by Gasteiger charge is -2.22. The molecule has 1 unspecified atom stereocenters. The van der Waals surface area contributed by atoms with Crippen LogP contribution in [0, 0.1) is 17.8 Å². The molecule has 0 aliphatic heterocycles. The number of ketones is 1. The molecule has 0 spiro atoms. The van der Waals surface area contributed by atoms with Gasteiger partial charge in [-0.1, -0.05) is 0 Å². The van der Waals surface area contributed by atoms with Crippen LogP contribution in [0.2, 0.25) is 0 Å². The van der Waals surface area contributed by atoms with Crippen LogP contribution in [0.1, 0.15) is 57.8 Å². The summed E-state index contributed by atoms with van der Waals surface area (Å²) in [4.78, 5) is 41.0. The van der Waals surface area contributed by atoms with E-state index < -0.39 is 0 Å². The number of nitrogens with zero attached hydrogens (tertiary/aromatic N) is 1. The molecule has 7 nitrogen and oxygen atoms in total. The number of benzene rings is 1. The maximum Gasteiger partial charge on any atom is 0.252 e. The van der Waals surface area contributed by atoms with Crippen molar-refractivity contribution >= 4 is 45.5 Å². The number of amides is 2. The van der Waals surface area contributed by atoms with Gasteiger partial charge < -0.3 is 10.6 Å². The SMILES string of the molecule is O=C(NCC1CC1)c1c(CC(=O)C2CC2)sc2c1CC(C(=O)Nc1ccc3[nH]ncc3c1)CC2. The summed E-state index contributed by atoms with van der Waals surface area (Å²) in [7, 11) is 0. The van der Waals surface area contributed by atoms with Crippen LogP contribution in [0.4, 0.5) is 5.69 Å². The predicted octanol–water partition coefficient (Wildman–Crippen LogP) is 4.03. The molecule has 2 fully saturated rings. The van der Waals surface area contributed by atoms with Crippen molar-refractivity contribution in [3.05, 3.63) is 45.3 Å². The van der Waals surface area contributed by atoms with Gasteiger partial charge in [0.1, 0.15) is 5.78 Å². The normalized spacial score (nSPS) is 19.6. The first kappa shape index (κ1) is 21.5. The summed E-state index contributed by atoms with van der Waals surface area (Å²) >= 11 is 1.61.